The summed E-state index contributed by atoms with van der Waals surface area (Å²) in [6, 6.07) is 0. The maximum atomic E-state index is 3.77. The Morgan fingerprint density at radius 2 is 2.33 bits per heavy atom. The Bertz CT molecular complexity index is 159. The van der Waals surface area contributed by atoms with Gasteiger partial charge in [0.25, 0.3) is 7.41 Å². The number of rotatable bonds is 2. The van der Waals surface area contributed by atoms with Crippen LogP contribution in [0.3, 0.4) is 0 Å². The summed E-state index contributed by atoms with van der Waals surface area (Å²) in [5, 5.41) is 7.42. The molecule has 1 radical (unpaired) electrons. The summed E-state index contributed by atoms with van der Waals surface area (Å²) >= 11 is 0. The molecule has 0 saturated carbocycles. The van der Waals surface area contributed by atoms with Crippen LogP contribution in [0, 0.1) is 0 Å². The van der Waals surface area contributed by atoms with Gasteiger partial charge in [-0.15, -0.1) is 5.10 Å². The van der Waals surface area contributed by atoms with Gasteiger partial charge in [-0.05, 0) is 5.82 Å². The second-order valence-electron chi connectivity index (χ2n) is 2.28. The van der Waals surface area contributed by atoms with Crippen molar-refractivity contribution in [2.75, 3.05) is 0 Å². The minimum Gasteiger partial charge on any atom is -0.304 e. The molecule has 47 valence electrons. The molecule has 0 spiro atoms. The molecule has 3 nitrogen and oxygen atoms in total. The highest BCUT2D eigenvalue weighted by Gasteiger charge is 1.98. The highest BCUT2D eigenvalue weighted by Crippen LogP contribution is 1.96. The van der Waals surface area contributed by atoms with Gasteiger partial charge >= 0.3 is 0 Å². The molecule has 0 amide bonds. The molecular formula is C5H9BN3. The topological polar surface area (TPSA) is 30.7 Å². The molecule has 0 aromatic carbocycles. The minimum absolute atomic E-state index is 0.520. The Labute approximate surface area is 55.3 Å². The molecule has 0 saturated heterocycles. The Balaban J connectivity index is 2.48. The van der Waals surface area contributed by atoms with E-state index in [1.807, 2.05) is 13.6 Å². The first-order valence-corrected chi connectivity index (χ1v) is 3.00. The maximum absolute atomic E-state index is 3.77. The van der Waals surface area contributed by atoms with Gasteiger partial charge < -0.3 is 4.59 Å². The number of nitrogens with zero attached hydrogens (tertiary/aromatic N) is 3. The second kappa shape index (κ2) is 2.66. The lowest BCUT2D eigenvalue weighted by Crippen LogP contribution is -2.09. The number of hydrogen-bond acceptors (Lipinski definition) is 2. The van der Waals surface area contributed by atoms with E-state index < -0.39 is 0 Å². The SMILES string of the molecule is CC(C)[B]n1ccnn1. The molecular weight excluding hydrogens is 113 g/mol. The molecule has 0 aliphatic carbocycles. The highest BCUT2D eigenvalue weighted by molar-refractivity contribution is 6.34. The van der Waals surface area contributed by atoms with Crippen LogP contribution in [0.1, 0.15) is 13.8 Å². The molecule has 0 unspecified atom stereocenters. The lowest BCUT2D eigenvalue weighted by molar-refractivity contribution is 0.844. The average molecular weight is 122 g/mol. The first kappa shape index (κ1) is 6.33. The normalized spacial score (nSPS) is 10.1. The Hall–Kier alpha value is -0.795. The summed E-state index contributed by atoms with van der Waals surface area (Å²) < 4.78 is 1.71. The highest BCUT2D eigenvalue weighted by atomic mass is 15.4. The van der Waals surface area contributed by atoms with Gasteiger partial charge in [-0.25, -0.2) is 0 Å². The van der Waals surface area contributed by atoms with Gasteiger partial charge in [0.1, 0.15) is 0 Å². The number of hydrogen-bond donors (Lipinski definition) is 0. The van der Waals surface area contributed by atoms with Crippen LogP contribution < -0.4 is 0 Å². The molecule has 1 heterocycles. The van der Waals surface area contributed by atoms with Crippen molar-refractivity contribution in [2.45, 2.75) is 19.7 Å². The first-order valence-electron chi connectivity index (χ1n) is 3.00. The lowest BCUT2D eigenvalue weighted by atomic mass is 9.79. The summed E-state index contributed by atoms with van der Waals surface area (Å²) in [6.07, 6.45) is 3.49. The summed E-state index contributed by atoms with van der Waals surface area (Å²) in [4.78, 5) is 0. The van der Waals surface area contributed by atoms with Crippen molar-refractivity contribution in [3.8, 4) is 0 Å². The molecule has 0 aliphatic heterocycles. The van der Waals surface area contributed by atoms with Crippen LogP contribution in [-0.2, 0) is 0 Å². The third kappa shape index (κ3) is 1.87. The summed E-state index contributed by atoms with van der Waals surface area (Å²) in [6.45, 7) is 4.20. The van der Waals surface area contributed by atoms with Crippen LogP contribution in [0.15, 0.2) is 12.4 Å². The van der Waals surface area contributed by atoms with E-state index in [2.05, 4.69) is 24.2 Å². The summed E-state index contributed by atoms with van der Waals surface area (Å²) in [5.74, 6) is 0.520. The van der Waals surface area contributed by atoms with Gasteiger partial charge in [-0.1, -0.05) is 19.1 Å². The maximum Gasteiger partial charge on any atom is 0.284 e. The van der Waals surface area contributed by atoms with E-state index in [4.69, 9.17) is 0 Å². The van der Waals surface area contributed by atoms with E-state index >= 15 is 0 Å². The van der Waals surface area contributed by atoms with E-state index in [1.165, 1.54) is 0 Å². The largest absolute Gasteiger partial charge is 0.304 e. The number of aromatic nitrogens is 3. The fourth-order valence-electron chi connectivity index (χ4n) is 0.602. The molecule has 1 aromatic heterocycles. The smallest absolute Gasteiger partial charge is 0.284 e. The predicted octanol–water partition coefficient (Wildman–Crippen LogP) is 0.574. The molecule has 0 atom stereocenters. The zero-order valence-corrected chi connectivity index (χ0v) is 5.65. The zero-order chi connectivity index (χ0) is 6.69. The molecule has 0 aliphatic rings. The van der Waals surface area contributed by atoms with Gasteiger partial charge in [0.2, 0.25) is 0 Å². The standard InChI is InChI=1S/C5H9BN3/c1-5(2)6-9-4-3-7-8-9/h3-5H,1-2H3. The quantitative estimate of drug-likeness (QED) is 0.537. The van der Waals surface area contributed by atoms with Crippen LogP contribution >= 0.6 is 0 Å². The fraction of sp³-hybridized carbons (Fsp3) is 0.600. The molecule has 0 bridgehead atoms. The van der Waals surface area contributed by atoms with E-state index in [-0.39, 0.29) is 0 Å². The second-order valence-corrected chi connectivity index (χ2v) is 2.28. The van der Waals surface area contributed by atoms with Crippen LogP contribution in [-0.4, -0.2) is 22.3 Å². The third-order valence-electron chi connectivity index (χ3n) is 0.892. The van der Waals surface area contributed by atoms with Crippen molar-refractivity contribution in [3.05, 3.63) is 12.4 Å². The molecule has 9 heavy (non-hydrogen) atoms. The zero-order valence-electron chi connectivity index (χ0n) is 5.65. The third-order valence-corrected chi connectivity index (χ3v) is 0.892. The van der Waals surface area contributed by atoms with E-state index in [9.17, 15) is 0 Å². The van der Waals surface area contributed by atoms with Crippen molar-refractivity contribution in [2.24, 2.45) is 0 Å². The lowest BCUT2D eigenvalue weighted by Gasteiger charge is -1.98. The van der Waals surface area contributed by atoms with Crippen LogP contribution in [0.5, 0.6) is 0 Å². The van der Waals surface area contributed by atoms with E-state index in [1.54, 1.807) is 10.8 Å². The van der Waals surface area contributed by atoms with Gasteiger partial charge in [0.05, 0.1) is 6.20 Å². The summed E-state index contributed by atoms with van der Waals surface area (Å²) in [7, 11) is 1.99. The van der Waals surface area contributed by atoms with Crippen molar-refractivity contribution in [1.29, 1.82) is 0 Å². The van der Waals surface area contributed by atoms with Gasteiger partial charge in [-0.3, -0.25) is 0 Å². The minimum atomic E-state index is 0.520. The Morgan fingerprint density at radius 3 is 2.78 bits per heavy atom. The van der Waals surface area contributed by atoms with E-state index in [0.29, 0.717) is 5.82 Å². The fourth-order valence-corrected chi connectivity index (χ4v) is 0.602. The van der Waals surface area contributed by atoms with Crippen molar-refractivity contribution >= 4 is 7.41 Å². The Kier molecular flexibility index (Phi) is 1.87. The van der Waals surface area contributed by atoms with Gasteiger partial charge in [0.15, 0.2) is 0 Å². The van der Waals surface area contributed by atoms with Crippen LogP contribution in [0.25, 0.3) is 0 Å². The molecule has 4 heteroatoms. The average Bonchev–Trinajstić information content (AvgIpc) is 2.15. The molecule has 0 fully saturated rings. The van der Waals surface area contributed by atoms with Gasteiger partial charge in [-0.2, -0.15) is 0 Å². The summed E-state index contributed by atoms with van der Waals surface area (Å²) in [5.41, 5.74) is 0. The predicted molar refractivity (Wildman–Crippen MR) is 36.3 cm³/mol. The molecule has 1 rings (SSSR count). The van der Waals surface area contributed by atoms with Crippen LogP contribution in [0.2, 0.25) is 5.82 Å². The van der Waals surface area contributed by atoms with Crippen LogP contribution in [0.4, 0.5) is 0 Å². The van der Waals surface area contributed by atoms with Gasteiger partial charge in [0, 0.05) is 6.20 Å². The van der Waals surface area contributed by atoms with Crippen molar-refractivity contribution in [1.82, 2.24) is 14.9 Å². The molecule has 1 aromatic rings. The van der Waals surface area contributed by atoms with Crippen molar-refractivity contribution in [3.63, 3.8) is 0 Å². The first-order chi connectivity index (χ1) is 4.29. The monoisotopic (exact) mass is 122 g/mol. The van der Waals surface area contributed by atoms with E-state index in [0.717, 1.165) is 0 Å². The van der Waals surface area contributed by atoms with Crippen molar-refractivity contribution < 1.29 is 0 Å². The molecule has 0 N–H and O–H groups in total. The Morgan fingerprint density at radius 1 is 1.56 bits per heavy atom.